The number of nitrogens with two attached hydrogens (primary N) is 1. The first-order valence-electron chi connectivity index (χ1n) is 3.49. The lowest BCUT2D eigenvalue weighted by molar-refractivity contribution is 0.255. The molecule has 0 spiro atoms. The minimum atomic E-state index is -0.783. The molecule has 2 aromatic rings. The molecule has 2 heterocycles. The predicted molar refractivity (Wildman–Crippen MR) is 42.1 cm³/mol. The van der Waals surface area contributed by atoms with E-state index in [1.807, 2.05) is 0 Å². The summed E-state index contributed by atoms with van der Waals surface area (Å²) in [7, 11) is 0. The second-order valence-corrected chi connectivity index (χ2v) is 2.24. The van der Waals surface area contributed by atoms with Gasteiger partial charge in [0.1, 0.15) is 0 Å². The molecular formula is C4H5N9O. The Morgan fingerprint density at radius 2 is 2.43 bits per heavy atom. The van der Waals surface area contributed by atoms with Gasteiger partial charge < -0.3 is 5.73 Å². The first-order valence-corrected chi connectivity index (χ1v) is 3.49. The Hall–Kier alpha value is -2.52. The van der Waals surface area contributed by atoms with Crippen LogP contribution in [0.15, 0.2) is 6.20 Å². The van der Waals surface area contributed by atoms with E-state index >= 15 is 0 Å². The summed E-state index contributed by atoms with van der Waals surface area (Å²) in [6.07, 6.45) is 1.49. The van der Waals surface area contributed by atoms with E-state index in [1.54, 1.807) is 0 Å². The zero-order chi connectivity index (χ0) is 9.97. The van der Waals surface area contributed by atoms with Crippen molar-refractivity contribution in [2.24, 2.45) is 5.73 Å². The molecule has 2 amide bonds. The molecule has 0 aromatic carbocycles. The molecule has 72 valence electrons. The average Bonchev–Trinajstić information content (AvgIpc) is 2.69. The van der Waals surface area contributed by atoms with Crippen molar-refractivity contribution in [3.8, 4) is 11.5 Å². The third-order valence-corrected chi connectivity index (χ3v) is 1.27. The quantitative estimate of drug-likeness (QED) is 0.510. The van der Waals surface area contributed by atoms with Crippen LogP contribution in [0.3, 0.4) is 0 Å². The fraction of sp³-hybridized carbons (Fsp3) is 0. The van der Waals surface area contributed by atoms with Gasteiger partial charge in [-0.25, -0.2) is 10.2 Å². The predicted octanol–water partition coefficient (Wildman–Crippen LogP) is -1.92. The summed E-state index contributed by atoms with van der Waals surface area (Å²) in [6.45, 7) is 0. The molecule has 10 heteroatoms. The number of urea groups is 1. The SMILES string of the molecule is NC(=O)Nn1nnc(-c2c[nH]nn2)n1. The van der Waals surface area contributed by atoms with Crippen molar-refractivity contribution < 1.29 is 4.79 Å². The van der Waals surface area contributed by atoms with Gasteiger partial charge in [0, 0.05) is 0 Å². The van der Waals surface area contributed by atoms with E-state index < -0.39 is 6.03 Å². The van der Waals surface area contributed by atoms with Crippen molar-refractivity contribution >= 4 is 6.03 Å². The Bertz CT molecular complexity index is 429. The van der Waals surface area contributed by atoms with E-state index in [-0.39, 0.29) is 5.82 Å². The number of primary amides is 1. The van der Waals surface area contributed by atoms with Gasteiger partial charge in [-0.05, 0) is 5.21 Å². The Labute approximate surface area is 76.4 Å². The molecule has 0 atom stereocenters. The molecule has 0 aliphatic heterocycles. The lowest BCUT2D eigenvalue weighted by atomic mass is 10.5. The zero-order valence-electron chi connectivity index (χ0n) is 6.75. The molecule has 0 aliphatic rings. The summed E-state index contributed by atoms with van der Waals surface area (Å²) >= 11 is 0. The number of tetrazole rings is 1. The third kappa shape index (κ3) is 1.48. The van der Waals surface area contributed by atoms with Gasteiger partial charge in [-0.15, -0.1) is 15.3 Å². The maximum atomic E-state index is 10.4. The third-order valence-electron chi connectivity index (χ3n) is 1.27. The number of aromatic nitrogens is 7. The van der Waals surface area contributed by atoms with E-state index in [0.717, 1.165) is 4.91 Å². The molecule has 2 rings (SSSR count). The van der Waals surface area contributed by atoms with Crippen LogP contribution >= 0.6 is 0 Å². The zero-order valence-corrected chi connectivity index (χ0v) is 6.75. The number of aromatic amines is 1. The minimum Gasteiger partial charge on any atom is -0.350 e. The van der Waals surface area contributed by atoms with E-state index in [0.29, 0.717) is 5.69 Å². The highest BCUT2D eigenvalue weighted by atomic mass is 16.2. The van der Waals surface area contributed by atoms with Crippen LogP contribution in [-0.2, 0) is 0 Å². The van der Waals surface area contributed by atoms with Gasteiger partial charge >= 0.3 is 6.03 Å². The van der Waals surface area contributed by atoms with Gasteiger partial charge in [-0.1, -0.05) is 10.1 Å². The molecular weight excluding hydrogens is 190 g/mol. The largest absolute Gasteiger partial charge is 0.350 e. The van der Waals surface area contributed by atoms with Crippen LogP contribution in [0.1, 0.15) is 0 Å². The number of carbonyl (C=O) groups excluding carboxylic acids is 1. The fourth-order valence-corrected chi connectivity index (χ4v) is 0.774. The average molecular weight is 195 g/mol. The minimum absolute atomic E-state index is 0.229. The highest BCUT2D eigenvalue weighted by Crippen LogP contribution is 2.04. The first kappa shape index (κ1) is 8.10. The van der Waals surface area contributed by atoms with Crippen LogP contribution in [0.5, 0.6) is 0 Å². The number of carbonyl (C=O) groups is 1. The Kier molecular flexibility index (Phi) is 1.78. The Morgan fingerprint density at radius 1 is 1.57 bits per heavy atom. The second-order valence-electron chi connectivity index (χ2n) is 2.24. The maximum Gasteiger partial charge on any atom is 0.333 e. The molecule has 0 bridgehead atoms. The number of amides is 2. The van der Waals surface area contributed by atoms with Gasteiger partial charge in [-0.3, -0.25) is 5.10 Å². The molecule has 14 heavy (non-hydrogen) atoms. The molecule has 10 nitrogen and oxygen atoms in total. The molecule has 2 aromatic heterocycles. The summed E-state index contributed by atoms with van der Waals surface area (Å²) in [5, 5.41) is 20.5. The molecule has 0 fully saturated rings. The Morgan fingerprint density at radius 3 is 3.07 bits per heavy atom. The maximum absolute atomic E-state index is 10.4. The molecule has 0 radical (unpaired) electrons. The molecule has 0 aliphatic carbocycles. The Balaban J connectivity index is 2.22. The molecule has 0 saturated heterocycles. The van der Waals surface area contributed by atoms with Crippen molar-refractivity contribution in [2.75, 3.05) is 5.43 Å². The first-order chi connectivity index (χ1) is 6.75. The van der Waals surface area contributed by atoms with Crippen LogP contribution in [-0.4, -0.2) is 41.8 Å². The van der Waals surface area contributed by atoms with Gasteiger partial charge in [0.2, 0.25) is 5.82 Å². The fourth-order valence-electron chi connectivity index (χ4n) is 0.774. The summed E-state index contributed by atoms with van der Waals surface area (Å²) < 4.78 is 0. The van der Waals surface area contributed by atoms with Crippen LogP contribution in [0.2, 0.25) is 0 Å². The van der Waals surface area contributed by atoms with Crippen LogP contribution in [0.25, 0.3) is 11.5 Å². The second kappa shape index (κ2) is 3.08. The van der Waals surface area contributed by atoms with E-state index in [9.17, 15) is 4.79 Å². The number of rotatable bonds is 2. The number of hydrogen-bond acceptors (Lipinski definition) is 6. The van der Waals surface area contributed by atoms with Crippen molar-refractivity contribution in [3.05, 3.63) is 6.20 Å². The standard InChI is InChI=1S/C4H5N9O/c5-4(14)10-13-9-3(8-12-13)2-1-6-11-7-2/h1H,(H3,5,10,14)(H,6,7,11). The monoisotopic (exact) mass is 195 g/mol. The lowest BCUT2D eigenvalue weighted by Crippen LogP contribution is -2.30. The van der Waals surface area contributed by atoms with Gasteiger partial charge in [0.15, 0.2) is 5.69 Å². The molecule has 0 unspecified atom stereocenters. The van der Waals surface area contributed by atoms with E-state index in [2.05, 4.69) is 36.2 Å². The highest BCUT2D eigenvalue weighted by molar-refractivity contribution is 5.79. The smallest absolute Gasteiger partial charge is 0.333 e. The topological polar surface area (TPSA) is 140 Å². The van der Waals surface area contributed by atoms with E-state index in [4.69, 9.17) is 5.73 Å². The summed E-state index contributed by atoms with van der Waals surface area (Å²) in [5.74, 6) is 0.229. The summed E-state index contributed by atoms with van der Waals surface area (Å²) in [6, 6.07) is -0.783. The molecule has 0 saturated carbocycles. The van der Waals surface area contributed by atoms with Crippen molar-refractivity contribution in [1.82, 2.24) is 35.7 Å². The van der Waals surface area contributed by atoms with Gasteiger partial charge in [-0.2, -0.15) is 0 Å². The van der Waals surface area contributed by atoms with Crippen molar-refractivity contribution in [3.63, 3.8) is 0 Å². The summed E-state index contributed by atoms with van der Waals surface area (Å²) in [5.41, 5.74) is 7.36. The van der Waals surface area contributed by atoms with Crippen LogP contribution in [0.4, 0.5) is 4.79 Å². The van der Waals surface area contributed by atoms with E-state index in [1.165, 1.54) is 6.20 Å². The highest BCUT2D eigenvalue weighted by Gasteiger charge is 2.08. The number of nitrogens with one attached hydrogen (secondary N) is 2. The van der Waals surface area contributed by atoms with Crippen molar-refractivity contribution in [1.29, 1.82) is 0 Å². The number of hydrogen-bond donors (Lipinski definition) is 3. The van der Waals surface area contributed by atoms with Gasteiger partial charge in [0.05, 0.1) is 6.20 Å². The van der Waals surface area contributed by atoms with Crippen molar-refractivity contribution in [2.45, 2.75) is 0 Å². The summed E-state index contributed by atoms with van der Waals surface area (Å²) in [4.78, 5) is 11.3. The number of nitrogens with zero attached hydrogens (tertiary/aromatic N) is 6. The normalized spacial score (nSPS) is 10.0. The van der Waals surface area contributed by atoms with Crippen LogP contribution in [0, 0.1) is 0 Å². The molecule has 4 N–H and O–H groups in total. The number of H-pyrrole nitrogens is 1. The van der Waals surface area contributed by atoms with Gasteiger partial charge in [0.25, 0.3) is 0 Å². The van der Waals surface area contributed by atoms with Crippen LogP contribution < -0.4 is 11.2 Å². The lowest BCUT2D eigenvalue weighted by Gasteiger charge is -1.93.